The zero-order valence-corrected chi connectivity index (χ0v) is 20.6. The maximum atomic E-state index is 13.5. The lowest BCUT2D eigenvalue weighted by atomic mass is 10.1. The average molecular weight is 558 g/mol. The Bertz CT molecular complexity index is 1260. The summed E-state index contributed by atoms with van der Waals surface area (Å²) in [6.45, 7) is 3.45. The van der Waals surface area contributed by atoms with Gasteiger partial charge in [0.05, 0.1) is 29.6 Å². The van der Waals surface area contributed by atoms with Gasteiger partial charge >= 0.3 is 6.18 Å². The molecule has 2 aromatic heterocycles. The number of hydrogen-bond acceptors (Lipinski definition) is 4. The van der Waals surface area contributed by atoms with Crippen molar-refractivity contribution >= 4 is 45.0 Å². The maximum absolute atomic E-state index is 13.5. The molecule has 2 N–H and O–H groups in total. The Hall–Kier alpha value is -3.05. The molecule has 178 valence electrons. The highest BCUT2D eigenvalue weighted by Crippen LogP contribution is 2.32. The zero-order valence-electron chi connectivity index (χ0n) is 18.2. The van der Waals surface area contributed by atoms with Crippen molar-refractivity contribution in [1.82, 2.24) is 20.1 Å². The minimum atomic E-state index is -4.82. The number of carbonyl (C=O) groups is 2. The number of hydrogen-bond donors (Lipinski definition) is 2. The van der Waals surface area contributed by atoms with Crippen LogP contribution in [0.2, 0.25) is 5.02 Å². The average Bonchev–Trinajstić information content (AvgIpc) is 3.22. The van der Waals surface area contributed by atoms with E-state index in [0.717, 1.165) is 4.68 Å². The fourth-order valence-corrected chi connectivity index (χ4v) is 4.08. The van der Waals surface area contributed by atoms with Crippen LogP contribution in [0.4, 0.5) is 18.9 Å². The molecule has 0 aliphatic carbocycles. The molecular weight excluding hydrogens is 539 g/mol. The summed E-state index contributed by atoms with van der Waals surface area (Å²) in [5, 5.41) is 8.65. The Kier molecular flexibility index (Phi) is 7.57. The Morgan fingerprint density at radius 3 is 2.56 bits per heavy atom. The second-order valence-electron chi connectivity index (χ2n) is 7.22. The van der Waals surface area contributed by atoms with E-state index in [2.05, 4.69) is 36.6 Å². The van der Waals surface area contributed by atoms with Crippen molar-refractivity contribution in [2.75, 3.05) is 12.4 Å². The Morgan fingerprint density at radius 2 is 1.94 bits per heavy atom. The highest BCUT2D eigenvalue weighted by atomic mass is 79.9. The number of alkyl halides is 3. The Balaban J connectivity index is 2.15. The fraction of sp³-hybridized carbons (Fsp3) is 0.227. The van der Waals surface area contributed by atoms with Crippen molar-refractivity contribution < 1.29 is 22.8 Å². The van der Waals surface area contributed by atoms with Gasteiger partial charge in [-0.25, -0.2) is 9.67 Å². The number of aromatic nitrogens is 3. The third-order valence-corrected chi connectivity index (χ3v) is 5.69. The summed E-state index contributed by atoms with van der Waals surface area (Å²) in [4.78, 5) is 29.6. The van der Waals surface area contributed by atoms with Crippen molar-refractivity contribution in [2.24, 2.45) is 0 Å². The minimum Gasteiger partial charge on any atom is -0.355 e. The van der Waals surface area contributed by atoms with E-state index in [-0.39, 0.29) is 22.1 Å². The molecule has 0 saturated heterocycles. The summed E-state index contributed by atoms with van der Waals surface area (Å²) in [5.74, 6) is -1.54. The smallest absolute Gasteiger partial charge is 0.355 e. The van der Waals surface area contributed by atoms with E-state index < -0.39 is 29.4 Å². The zero-order chi connectivity index (χ0) is 25.2. The molecule has 0 aliphatic heterocycles. The number of pyridine rings is 1. The van der Waals surface area contributed by atoms with Gasteiger partial charge in [0.25, 0.3) is 11.8 Å². The number of nitrogens with zero attached hydrogens (tertiary/aromatic N) is 3. The first-order valence-corrected chi connectivity index (χ1v) is 11.1. The van der Waals surface area contributed by atoms with Crippen molar-refractivity contribution in [3.63, 3.8) is 0 Å². The monoisotopic (exact) mass is 556 g/mol. The first-order chi connectivity index (χ1) is 16.0. The lowest BCUT2D eigenvalue weighted by Crippen LogP contribution is -2.23. The van der Waals surface area contributed by atoms with Gasteiger partial charge in [-0.15, -0.1) is 0 Å². The summed E-state index contributed by atoms with van der Waals surface area (Å²) in [7, 11) is 1.42. The maximum Gasteiger partial charge on any atom is 0.435 e. The van der Waals surface area contributed by atoms with Crippen LogP contribution in [0.25, 0.3) is 5.82 Å². The number of rotatable bonds is 6. The second kappa shape index (κ2) is 10.1. The molecule has 0 fully saturated rings. The number of amides is 2. The van der Waals surface area contributed by atoms with Crippen molar-refractivity contribution in [3.05, 3.63) is 74.5 Å². The van der Waals surface area contributed by atoms with E-state index in [9.17, 15) is 22.8 Å². The highest BCUT2D eigenvalue weighted by Gasteiger charge is 2.37. The van der Waals surface area contributed by atoms with E-state index in [4.69, 9.17) is 11.6 Å². The van der Waals surface area contributed by atoms with Gasteiger partial charge in [-0.3, -0.25) is 9.59 Å². The van der Waals surface area contributed by atoms with Crippen LogP contribution in [-0.4, -0.2) is 33.6 Å². The molecule has 2 heterocycles. The summed E-state index contributed by atoms with van der Waals surface area (Å²) in [5.41, 5.74) is -0.356. The summed E-state index contributed by atoms with van der Waals surface area (Å²) in [6.07, 6.45) is -1.18. The molecule has 7 nitrogen and oxygen atoms in total. The van der Waals surface area contributed by atoms with Gasteiger partial charge in [-0.2, -0.15) is 18.3 Å². The van der Waals surface area contributed by atoms with E-state index >= 15 is 0 Å². The molecular formula is C22H19BrClF3N5O2+. The largest absolute Gasteiger partial charge is 0.435 e. The van der Waals surface area contributed by atoms with Gasteiger partial charge in [0.2, 0.25) is 0 Å². The first kappa shape index (κ1) is 25.6. The standard InChI is InChI=1S/C22H18BrClF3N5O2/c1-4-5-12-6-7-29-19(17(12)24)32-15(10-16(31-32)22(25,26)27)21(34)30-18-11(2)8-13(23)9-14(18)20(33)28-3/h4,6-10H,5H2,1-3H3,(H-,28,30,33,34)/p+1. The normalized spacial score (nSPS) is 11.3. The lowest BCUT2D eigenvalue weighted by Gasteiger charge is -2.15. The molecule has 0 saturated carbocycles. The molecule has 12 heteroatoms. The molecule has 3 aromatic rings. The number of benzene rings is 1. The van der Waals surface area contributed by atoms with Gasteiger partial charge < -0.3 is 10.6 Å². The third kappa shape index (κ3) is 5.20. The summed E-state index contributed by atoms with van der Waals surface area (Å²) in [6, 6.07) is 5.38. The molecule has 0 radical (unpaired) electrons. The van der Waals surface area contributed by atoms with E-state index in [0.29, 0.717) is 28.1 Å². The number of nitrogens with one attached hydrogen (secondary N) is 2. The number of anilines is 1. The van der Waals surface area contributed by atoms with Gasteiger partial charge in [0.15, 0.2) is 11.5 Å². The molecule has 2 amide bonds. The number of carbonyl (C=O) groups excluding carboxylic acids is 2. The van der Waals surface area contributed by atoms with Crippen LogP contribution in [0.15, 0.2) is 34.9 Å². The van der Waals surface area contributed by atoms with Crippen LogP contribution >= 0.6 is 27.5 Å². The third-order valence-electron chi connectivity index (χ3n) is 4.82. The number of aryl methyl sites for hydroxylation is 1. The van der Waals surface area contributed by atoms with Crippen LogP contribution in [0.1, 0.15) is 44.6 Å². The van der Waals surface area contributed by atoms with Crippen molar-refractivity contribution in [2.45, 2.75) is 26.4 Å². The van der Waals surface area contributed by atoms with E-state index in [1.807, 2.05) is 6.42 Å². The predicted octanol–water partition coefficient (Wildman–Crippen LogP) is 5.39. The molecule has 34 heavy (non-hydrogen) atoms. The molecule has 0 spiro atoms. The van der Waals surface area contributed by atoms with Crippen LogP contribution in [0.3, 0.4) is 0 Å². The Morgan fingerprint density at radius 1 is 1.24 bits per heavy atom. The fourth-order valence-electron chi connectivity index (χ4n) is 3.24. The molecule has 0 bridgehead atoms. The molecule has 0 atom stereocenters. The van der Waals surface area contributed by atoms with Crippen LogP contribution < -0.4 is 10.6 Å². The van der Waals surface area contributed by atoms with Gasteiger partial charge in [-0.05, 0) is 30.7 Å². The van der Waals surface area contributed by atoms with E-state index in [1.54, 1.807) is 26.0 Å². The van der Waals surface area contributed by atoms with Crippen molar-refractivity contribution in [1.29, 1.82) is 0 Å². The molecule has 0 aliphatic rings. The molecule has 1 aromatic carbocycles. The van der Waals surface area contributed by atoms with Gasteiger partial charge in [-0.1, -0.05) is 27.5 Å². The van der Waals surface area contributed by atoms with Gasteiger partial charge in [0.1, 0.15) is 12.1 Å². The molecule has 3 rings (SSSR count). The van der Waals surface area contributed by atoms with Crippen LogP contribution in [0, 0.1) is 13.3 Å². The quantitative estimate of drug-likeness (QED) is 0.398. The second-order valence-corrected chi connectivity index (χ2v) is 8.52. The highest BCUT2D eigenvalue weighted by molar-refractivity contribution is 9.10. The summed E-state index contributed by atoms with van der Waals surface area (Å²) < 4.78 is 41.8. The van der Waals surface area contributed by atoms with Crippen molar-refractivity contribution in [3.8, 4) is 5.82 Å². The predicted molar refractivity (Wildman–Crippen MR) is 125 cm³/mol. The molecule has 0 unspecified atom stereocenters. The minimum absolute atomic E-state index is 0.0670. The van der Waals surface area contributed by atoms with E-state index in [1.165, 1.54) is 19.3 Å². The van der Waals surface area contributed by atoms with Crippen LogP contribution in [0.5, 0.6) is 0 Å². The lowest BCUT2D eigenvalue weighted by molar-refractivity contribution is -0.141. The van der Waals surface area contributed by atoms with Gasteiger partial charge in [0, 0.05) is 29.3 Å². The SMILES string of the molecule is C[CH+]Cc1ccnc(-n2nc(C(F)(F)F)cc2C(=O)Nc2c(C)cc(Br)cc2C(=O)NC)c1Cl. The summed E-state index contributed by atoms with van der Waals surface area (Å²) >= 11 is 9.69. The Labute approximate surface area is 206 Å². The number of halogens is 5. The van der Waals surface area contributed by atoms with Crippen LogP contribution in [-0.2, 0) is 12.6 Å². The topological polar surface area (TPSA) is 88.9 Å². The first-order valence-electron chi connectivity index (χ1n) is 9.90.